The molecule has 0 radical (unpaired) electrons. The van der Waals surface area contributed by atoms with Gasteiger partial charge < -0.3 is 19.5 Å². The fourth-order valence-electron chi connectivity index (χ4n) is 2.54. The molecule has 2 heterocycles. The summed E-state index contributed by atoms with van der Waals surface area (Å²) in [6, 6.07) is 3.00. The number of carbonyl (C=O) groups excluding carboxylic acids is 1. The van der Waals surface area contributed by atoms with Crippen LogP contribution in [0.25, 0.3) is 0 Å². The molecule has 1 aromatic rings. The number of amides is 1. The number of β-amino-alcohol motifs (C(OH)–C–C–N with tert-alkyl or cyclic N) is 1. The number of furan rings is 1. The Hall–Kier alpha value is -1.86. The Labute approximate surface area is 122 Å². The van der Waals surface area contributed by atoms with Crippen LogP contribution in [0.1, 0.15) is 23.2 Å². The lowest BCUT2D eigenvalue weighted by Crippen LogP contribution is -2.43. The smallest absolute Gasteiger partial charge is 0.317 e. The van der Waals surface area contributed by atoms with E-state index in [1.165, 1.54) is 4.90 Å². The summed E-state index contributed by atoms with van der Waals surface area (Å²) in [5, 5.41) is 18.8. The molecule has 1 aliphatic rings. The van der Waals surface area contributed by atoms with E-state index in [2.05, 4.69) is 0 Å². The van der Waals surface area contributed by atoms with Crippen molar-refractivity contribution in [2.75, 3.05) is 26.7 Å². The summed E-state index contributed by atoms with van der Waals surface area (Å²) in [6.45, 7) is 2.22. The van der Waals surface area contributed by atoms with Gasteiger partial charge in [-0.25, -0.2) is 0 Å². The molecule has 2 N–H and O–H groups in total. The zero-order valence-electron chi connectivity index (χ0n) is 12.2. The molecule has 1 saturated heterocycles. The van der Waals surface area contributed by atoms with Gasteiger partial charge in [-0.15, -0.1) is 0 Å². The first-order valence-electron chi connectivity index (χ1n) is 6.90. The zero-order valence-corrected chi connectivity index (χ0v) is 12.2. The molecule has 1 aromatic heterocycles. The minimum atomic E-state index is -0.965. The van der Waals surface area contributed by atoms with E-state index in [0.29, 0.717) is 6.42 Å². The van der Waals surface area contributed by atoms with Crippen molar-refractivity contribution in [2.45, 2.75) is 25.5 Å². The van der Waals surface area contributed by atoms with Gasteiger partial charge in [0, 0.05) is 19.5 Å². The van der Waals surface area contributed by atoms with Crippen LogP contribution in [0.3, 0.4) is 0 Å². The number of nitrogens with zero attached hydrogens (tertiary/aromatic N) is 2. The lowest BCUT2D eigenvalue weighted by molar-refractivity contribution is -0.138. The zero-order chi connectivity index (χ0) is 15.6. The van der Waals surface area contributed by atoms with Gasteiger partial charge in [-0.05, 0) is 19.2 Å². The van der Waals surface area contributed by atoms with E-state index in [0.717, 1.165) is 5.76 Å². The summed E-state index contributed by atoms with van der Waals surface area (Å²) in [7, 11) is 1.62. The number of aliphatic carboxylic acids is 1. The number of aliphatic hydroxyl groups excluding tert-OH is 1. The van der Waals surface area contributed by atoms with Gasteiger partial charge in [0.15, 0.2) is 5.76 Å². The third kappa shape index (κ3) is 3.43. The fourth-order valence-corrected chi connectivity index (χ4v) is 2.54. The number of rotatable bonds is 5. The first-order chi connectivity index (χ1) is 9.92. The van der Waals surface area contributed by atoms with Crippen LogP contribution in [-0.4, -0.2) is 70.7 Å². The predicted octanol–water partition coefficient (Wildman–Crippen LogP) is 0.0437. The van der Waals surface area contributed by atoms with E-state index in [4.69, 9.17) is 9.52 Å². The molecule has 0 aliphatic carbocycles. The van der Waals surface area contributed by atoms with Crippen LogP contribution in [0, 0.1) is 0 Å². The maximum atomic E-state index is 12.3. The first-order valence-corrected chi connectivity index (χ1v) is 6.90. The van der Waals surface area contributed by atoms with Gasteiger partial charge in [-0.3, -0.25) is 14.5 Å². The van der Waals surface area contributed by atoms with Crippen LogP contribution in [0.4, 0.5) is 0 Å². The molecule has 0 spiro atoms. The Kier molecular flexibility index (Phi) is 4.64. The van der Waals surface area contributed by atoms with Crippen LogP contribution in [0.15, 0.2) is 16.5 Å². The number of likely N-dealkylation sites (N-methyl/N-ethyl adjacent to an activating group) is 1. The predicted molar refractivity (Wildman–Crippen MR) is 74.1 cm³/mol. The normalized spacial score (nSPS) is 22.0. The molecule has 0 saturated carbocycles. The number of aliphatic hydroxyl groups is 1. The van der Waals surface area contributed by atoms with Gasteiger partial charge >= 0.3 is 5.97 Å². The van der Waals surface area contributed by atoms with Gasteiger partial charge in [-0.2, -0.15) is 0 Å². The highest BCUT2D eigenvalue weighted by Gasteiger charge is 2.37. The van der Waals surface area contributed by atoms with Crippen LogP contribution in [0.2, 0.25) is 0 Å². The van der Waals surface area contributed by atoms with E-state index in [9.17, 15) is 14.7 Å². The third-order valence-corrected chi connectivity index (χ3v) is 3.72. The second kappa shape index (κ2) is 6.28. The summed E-state index contributed by atoms with van der Waals surface area (Å²) in [5.41, 5.74) is 0. The third-order valence-electron chi connectivity index (χ3n) is 3.72. The Morgan fingerprint density at radius 2 is 2.14 bits per heavy atom. The standard InChI is InChI=1S/C14H20N2O5/c1-3-9-4-5-12(21-9)14(20)16-6-10(11(17)7-16)15(2)8-13(18)19/h4-5,10-11,17H,3,6-8H2,1-2H3,(H,18,19)/t10?,11-/m1/s1. The first kappa shape index (κ1) is 15.5. The number of hydrogen-bond acceptors (Lipinski definition) is 5. The highest BCUT2D eigenvalue weighted by molar-refractivity contribution is 5.91. The molecule has 0 bridgehead atoms. The SMILES string of the molecule is CCc1ccc(C(=O)N2CC(N(C)CC(=O)O)[C@H](O)C2)o1. The lowest BCUT2D eigenvalue weighted by Gasteiger charge is -2.24. The summed E-state index contributed by atoms with van der Waals surface area (Å²) < 4.78 is 5.42. The molecule has 116 valence electrons. The Balaban J connectivity index is 2.02. The van der Waals surface area contributed by atoms with Gasteiger partial charge in [-0.1, -0.05) is 6.92 Å². The summed E-state index contributed by atoms with van der Waals surface area (Å²) >= 11 is 0. The van der Waals surface area contributed by atoms with Gasteiger partial charge in [0.2, 0.25) is 0 Å². The van der Waals surface area contributed by atoms with Gasteiger partial charge in [0.05, 0.1) is 18.7 Å². The molecule has 0 aromatic carbocycles. The van der Waals surface area contributed by atoms with Gasteiger partial charge in [0.1, 0.15) is 5.76 Å². The van der Waals surface area contributed by atoms with Crippen molar-refractivity contribution in [3.63, 3.8) is 0 Å². The minimum absolute atomic E-state index is 0.176. The van der Waals surface area contributed by atoms with E-state index in [1.807, 2.05) is 6.92 Å². The summed E-state index contributed by atoms with van der Waals surface area (Å²) in [4.78, 5) is 26.1. The Bertz CT molecular complexity index is 527. The molecule has 7 heteroatoms. The van der Waals surface area contributed by atoms with E-state index >= 15 is 0 Å². The molecule has 21 heavy (non-hydrogen) atoms. The summed E-state index contributed by atoms with van der Waals surface area (Å²) in [6.07, 6.45) is -0.0567. The van der Waals surface area contributed by atoms with Crippen LogP contribution in [0.5, 0.6) is 0 Å². The van der Waals surface area contributed by atoms with Crippen molar-refractivity contribution in [1.29, 1.82) is 0 Å². The van der Waals surface area contributed by atoms with Crippen molar-refractivity contribution < 1.29 is 24.2 Å². The number of aryl methyl sites for hydroxylation is 1. The van der Waals surface area contributed by atoms with Crippen LogP contribution < -0.4 is 0 Å². The maximum absolute atomic E-state index is 12.3. The highest BCUT2D eigenvalue weighted by Crippen LogP contribution is 2.19. The largest absolute Gasteiger partial charge is 0.480 e. The van der Waals surface area contributed by atoms with Crippen LogP contribution in [-0.2, 0) is 11.2 Å². The molecular weight excluding hydrogens is 276 g/mol. The van der Waals surface area contributed by atoms with E-state index in [1.54, 1.807) is 24.1 Å². The Morgan fingerprint density at radius 1 is 1.43 bits per heavy atom. The number of hydrogen-bond donors (Lipinski definition) is 2. The number of carboxylic acids is 1. The van der Waals surface area contributed by atoms with Crippen molar-refractivity contribution in [3.05, 3.63) is 23.7 Å². The highest BCUT2D eigenvalue weighted by atomic mass is 16.4. The molecule has 2 atom stereocenters. The Morgan fingerprint density at radius 3 is 2.71 bits per heavy atom. The maximum Gasteiger partial charge on any atom is 0.317 e. The molecular formula is C14H20N2O5. The monoisotopic (exact) mass is 296 g/mol. The van der Waals surface area contributed by atoms with Crippen molar-refractivity contribution in [1.82, 2.24) is 9.80 Å². The molecule has 1 aliphatic heterocycles. The molecule has 1 fully saturated rings. The second-order valence-electron chi connectivity index (χ2n) is 5.27. The number of carboxylic acid groups (broad SMARTS) is 1. The van der Waals surface area contributed by atoms with Gasteiger partial charge in [0.25, 0.3) is 5.91 Å². The molecule has 7 nitrogen and oxygen atoms in total. The molecule has 1 unspecified atom stereocenters. The topological polar surface area (TPSA) is 94.2 Å². The average Bonchev–Trinajstić information content (AvgIpc) is 3.03. The average molecular weight is 296 g/mol. The van der Waals surface area contributed by atoms with Crippen molar-refractivity contribution in [3.8, 4) is 0 Å². The van der Waals surface area contributed by atoms with Crippen molar-refractivity contribution >= 4 is 11.9 Å². The lowest BCUT2D eigenvalue weighted by atomic mass is 10.2. The number of likely N-dealkylation sites (tertiary alicyclic amines) is 1. The van der Waals surface area contributed by atoms with E-state index < -0.39 is 12.1 Å². The van der Waals surface area contributed by atoms with Crippen molar-refractivity contribution in [2.24, 2.45) is 0 Å². The molecule has 1 amide bonds. The van der Waals surface area contributed by atoms with E-state index in [-0.39, 0.29) is 37.3 Å². The quantitative estimate of drug-likeness (QED) is 0.797. The number of carbonyl (C=O) groups is 2. The molecule has 2 rings (SSSR count). The summed E-state index contributed by atoms with van der Waals surface area (Å²) in [5.74, 6) is -0.258. The van der Waals surface area contributed by atoms with Crippen LogP contribution >= 0.6 is 0 Å². The second-order valence-corrected chi connectivity index (χ2v) is 5.27. The fraction of sp³-hybridized carbons (Fsp3) is 0.571. The minimum Gasteiger partial charge on any atom is -0.480 e.